The Kier molecular flexibility index (Phi) is 4.93. The van der Waals surface area contributed by atoms with E-state index in [0.29, 0.717) is 16.9 Å². The van der Waals surface area contributed by atoms with E-state index in [0.717, 1.165) is 0 Å². The average molecular weight is 286 g/mol. The van der Waals surface area contributed by atoms with Crippen LogP contribution in [-0.4, -0.2) is 19.0 Å². The molecule has 5 nitrogen and oxygen atoms in total. The van der Waals surface area contributed by atoms with Gasteiger partial charge in [0, 0.05) is 0 Å². The number of methoxy groups -OCH3 is 1. The molecule has 0 atom stereocenters. The number of benzene rings is 2. The fraction of sp³-hybridized carbons (Fsp3) is 0.125. The highest BCUT2D eigenvalue weighted by Crippen LogP contribution is 2.13. The molecular formula is C16H14O5. The van der Waals surface area contributed by atoms with E-state index in [1.165, 1.54) is 0 Å². The van der Waals surface area contributed by atoms with E-state index in [4.69, 9.17) is 4.74 Å². The van der Waals surface area contributed by atoms with Gasteiger partial charge in [-0.05, 0) is 29.8 Å². The Labute approximate surface area is 122 Å². The third-order valence-electron chi connectivity index (χ3n) is 2.70. The molecule has 0 spiro atoms. The van der Waals surface area contributed by atoms with Gasteiger partial charge in [0.25, 0.3) is 0 Å². The normalized spacial score (nSPS) is 9.76. The van der Waals surface area contributed by atoms with Crippen LogP contribution in [0, 0.1) is 0 Å². The second kappa shape index (κ2) is 7.09. The molecule has 0 radical (unpaired) electrons. The fourth-order valence-corrected chi connectivity index (χ4v) is 1.69. The number of hydrogen-bond acceptors (Lipinski definition) is 5. The van der Waals surface area contributed by atoms with Crippen LogP contribution in [0.5, 0.6) is 5.75 Å². The maximum absolute atomic E-state index is 11.6. The van der Waals surface area contributed by atoms with E-state index in [1.807, 2.05) is 0 Å². The molecule has 0 bridgehead atoms. The Morgan fingerprint density at radius 2 is 1.71 bits per heavy atom. The van der Waals surface area contributed by atoms with Crippen molar-refractivity contribution in [3.63, 3.8) is 0 Å². The first-order valence-corrected chi connectivity index (χ1v) is 6.28. The lowest BCUT2D eigenvalue weighted by Crippen LogP contribution is -2.13. The van der Waals surface area contributed by atoms with Crippen LogP contribution in [0.1, 0.15) is 15.9 Å². The van der Waals surface area contributed by atoms with E-state index in [1.54, 1.807) is 61.7 Å². The highest BCUT2D eigenvalue weighted by molar-refractivity contribution is 5.89. The van der Waals surface area contributed by atoms with Crippen molar-refractivity contribution in [3.05, 3.63) is 65.7 Å². The molecule has 0 heterocycles. The molecule has 0 amide bonds. The van der Waals surface area contributed by atoms with Gasteiger partial charge in [-0.15, -0.1) is 0 Å². The number of hydrogen-bond donors (Lipinski definition) is 0. The maximum Gasteiger partial charge on any atom is 0.386 e. The van der Waals surface area contributed by atoms with Crippen molar-refractivity contribution in [3.8, 4) is 5.75 Å². The highest BCUT2D eigenvalue weighted by Gasteiger charge is 2.12. The zero-order chi connectivity index (χ0) is 15.1. The van der Waals surface area contributed by atoms with Crippen molar-refractivity contribution < 1.29 is 24.1 Å². The van der Waals surface area contributed by atoms with Crippen LogP contribution in [0.3, 0.4) is 0 Å². The Hall–Kier alpha value is -2.82. The summed E-state index contributed by atoms with van der Waals surface area (Å²) in [6, 6.07) is 15.3. The third kappa shape index (κ3) is 4.35. The quantitative estimate of drug-likeness (QED) is 0.638. The van der Waals surface area contributed by atoms with E-state index in [2.05, 4.69) is 9.78 Å². The average Bonchev–Trinajstić information content (AvgIpc) is 2.53. The van der Waals surface area contributed by atoms with Gasteiger partial charge in [0.15, 0.2) is 0 Å². The summed E-state index contributed by atoms with van der Waals surface area (Å²) < 4.78 is 5.05. The Balaban J connectivity index is 1.86. The minimum Gasteiger partial charge on any atom is -0.497 e. The number of rotatable bonds is 4. The Bertz CT molecular complexity index is 622. The zero-order valence-electron chi connectivity index (χ0n) is 11.4. The molecule has 0 saturated heterocycles. The van der Waals surface area contributed by atoms with Crippen LogP contribution in [-0.2, 0) is 21.0 Å². The smallest absolute Gasteiger partial charge is 0.386 e. The number of ether oxygens (including phenoxy) is 1. The van der Waals surface area contributed by atoms with Crippen molar-refractivity contribution in [2.75, 3.05) is 7.11 Å². The lowest BCUT2D eigenvalue weighted by atomic mass is 10.1. The van der Waals surface area contributed by atoms with Gasteiger partial charge in [-0.2, -0.15) is 0 Å². The molecule has 108 valence electrons. The first-order chi connectivity index (χ1) is 10.2. The number of carbonyl (C=O) groups excluding carboxylic acids is 2. The maximum atomic E-state index is 11.6. The van der Waals surface area contributed by atoms with Crippen LogP contribution in [0.25, 0.3) is 0 Å². The topological polar surface area (TPSA) is 61.8 Å². The summed E-state index contributed by atoms with van der Waals surface area (Å²) in [7, 11) is 1.54. The molecule has 0 aliphatic carbocycles. The van der Waals surface area contributed by atoms with Gasteiger partial charge in [-0.3, -0.25) is 0 Å². The molecule has 0 N–H and O–H groups in total. The summed E-state index contributed by atoms with van der Waals surface area (Å²) >= 11 is 0. The molecule has 0 unspecified atom stereocenters. The van der Waals surface area contributed by atoms with Gasteiger partial charge in [0.2, 0.25) is 0 Å². The first kappa shape index (κ1) is 14.6. The molecule has 21 heavy (non-hydrogen) atoms. The fourth-order valence-electron chi connectivity index (χ4n) is 1.69. The summed E-state index contributed by atoms with van der Waals surface area (Å²) in [5.41, 5.74) is 1.02. The van der Waals surface area contributed by atoms with Crippen molar-refractivity contribution in [1.29, 1.82) is 0 Å². The predicted molar refractivity (Wildman–Crippen MR) is 74.6 cm³/mol. The monoisotopic (exact) mass is 286 g/mol. The lowest BCUT2D eigenvalue weighted by molar-refractivity contribution is -0.233. The van der Waals surface area contributed by atoms with Gasteiger partial charge in [-0.1, -0.05) is 30.3 Å². The summed E-state index contributed by atoms with van der Waals surface area (Å²) in [6.45, 7) is 0. The van der Waals surface area contributed by atoms with Gasteiger partial charge in [-0.25, -0.2) is 19.4 Å². The van der Waals surface area contributed by atoms with Gasteiger partial charge >= 0.3 is 11.9 Å². The SMILES string of the molecule is COc1cccc(CC(=O)OOC(=O)c2ccccc2)c1. The summed E-state index contributed by atoms with van der Waals surface area (Å²) in [6.07, 6.45) is -0.0146. The molecule has 2 aromatic carbocycles. The van der Waals surface area contributed by atoms with E-state index >= 15 is 0 Å². The summed E-state index contributed by atoms with van der Waals surface area (Å²) in [5, 5.41) is 0. The molecule has 2 aromatic rings. The molecule has 0 aliphatic rings. The standard InChI is InChI=1S/C16H14O5/c1-19-14-9-5-6-12(10-14)11-15(17)20-21-16(18)13-7-3-2-4-8-13/h2-10H,11H2,1H3. The largest absolute Gasteiger partial charge is 0.497 e. The second-order valence-corrected chi connectivity index (χ2v) is 4.22. The molecular weight excluding hydrogens is 272 g/mol. The molecule has 0 aliphatic heterocycles. The van der Waals surface area contributed by atoms with Crippen LogP contribution in [0.2, 0.25) is 0 Å². The van der Waals surface area contributed by atoms with Gasteiger partial charge in [0.1, 0.15) is 5.75 Å². The van der Waals surface area contributed by atoms with Crippen molar-refractivity contribution in [1.82, 2.24) is 0 Å². The summed E-state index contributed by atoms with van der Waals surface area (Å²) in [5.74, 6) is -0.733. The highest BCUT2D eigenvalue weighted by atomic mass is 17.2. The van der Waals surface area contributed by atoms with Crippen molar-refractivity contribution >= 4 is 11.9 Å². The van der Waals surface area contributed by atoms with Gasteiger partial charge < -0.3 is 4.74 Å². The van der Waals surface area contributed by atoms with E-state index in [9.17, 15) is 9.59 Å². The molecule has 0 fully saturated rings. The Morgan fingerprint density at radius 1 is 0.952 bits per heavy atom. The minimum atomic E-state index is -0.713. The Morgan fingerprint density at radius 3 is 2.43 bits per heavy atom. The minimum absolute atomic E-state index is 0.0146. The summed E-state index contributed by atoms with van der Waals surface area (Å²) in [4.78, 5) is 32.2. The van der Waals surface area contributed by atoms with Crippen LogP contribution in [0.15, 0.2) is 54.6 Å². The first-order valence-electron chi connectivity index (χ1n) is 6.28. The van der Waals surface area contributed by atoms with Crippen molar-refractivity contribution in [2.24, 2.45) is 0 Å². The zero-order valence-corrected chi connectivity index (χ0v) is 11.4. The molecule has 2 rings (SSSR count). The third-order valence-corrected chi connectivity index (χ3v) is 2.70. The van der Waals surface area contributed by atoms with E-state index < -0.39 is 11.9 Å². The second-order valence-electron chi connectivity index (χ2n) is 4.22. The molecule has 5 heteroatoms. The van der Waals surface area contributed by atoms with Crippen molar-refractivity contribution in [2.45, 2.75) is 6.42 Å². The van der Waals surface area contributed by atoms with Gasteiger partial charge in [0.05, 0.1) is 19.1 Å². The van der Waals surface area contributed by atoms with Crippen LogP contribution < -0.4 is 4.74 Å². The predicted octanol–water partition coefficient (Wildman–Crippen LogP) is 2.55. The molecule has 0 saturated carbocycles. The van der Waals surface area contributed by atoms with E-state index in [-0.39, 0.29) is 6.42 Å². The van der Waals surface area contributed by atoms with Crippen LogP contribution >= 0.6 is 0 Å². The molecule has 0 aromatic heterocycles. The lowest BCUT2D eigenvalue weighted by Gasteiger charge is -2.05. The van der Waals surface area contributed by atoms with Crippen LogP contribution in [0.4, 0.5) is 0 Å². The number of carbonyl (C=O) groups is 2.